The summed E-state index contributed by atoms with van der Waals surface area (Å²) in [6, 6.07) is 2.29. The SMILES string of the molecule is CCC(C#N)c1sc(C)nc1C. The third-order valence-electron chi connectivity index (χ3n) is 1.82. The molecule has 0 aliphatic carbocycles. The maximum atomic E-state index is 8.84. The molecule has 0 bridgehead atoms. The lowest BCUT2D eigenvalue weighted by molar-refractivity contribution is 0.824. The summed E-state index contributed by atoms with van der Waals surface area (Å²) >= 11 is 1.64. The lowest BCUT2D eigenvalue weighted by Gasteiger charge is -2.01. The van der Waals surface area contributed by atoms with Gasteiger partial charge in [-0.3, -0.25) is 0 Å². The first-order valence-corrected chi connectivity index (χ1v) is 4.84. The molecule has 0 N–H and O–H groups in total. The summed E-state index contributed by atoms with van der Waals surface area (Å²) in [7, 11) is 0. The van der Waals surface area contributed by atoms with Crippen LogP contribution in [0.3, 0.4) is 0 Å². The molecular formula is C9H12N2S. The summed E-state index contributed by atoms with van der Waals surface area (Å²) in [5, 5.41) is 9.89. The fraction of sp³-hybridized carbons (Fsp3) is 0.556. The van der Waals surface area contributed by atoms with Gasteiger partial charge in [0.15, 0.2) is 0 Å². The van der Waals surface area contributed by atoms with Crippen molar-refractivity contribution in [2.45, 2.75) is 33.1 Å². The summed E-state index contributed by atoms with van der Waals surface area (Å²) in [6.45, 7) is 5.98. The molecule has 0 amide bonds. The van der Waals surface area contributed by atoms with E-state index in [1.165, 1.54) is 0 Å². The van der Waals surface area contributed by atoms with Gasteiger partial charge in [0.25, 0.3) is 0 Å². The summed E-state index contributed by atoms with van der Waals surface area (Å²) < 4.78 is 0. The highest BCUT2D eigenvalue weighted by atomic mass is 32.1. The summed E-state index contributed by atoms with van der Waals surface area (Å²) in [5.74, 6) is 0.0381. The smallest absolute Gasteiger partial charge is 0.0900 e. The van der Waals surface area contributed by atoms with E-state index in [-0.39, 0.29) is 5.92 Å². The second-order valence-electron chi connectivity index (χ2n) is 2.77. The predicted molar refractivity (Wildman–Crippen MR) is 50.2 cm³/mol. The Hall–Kier alpha value is -0.880. The fourth-order valence-electron chi connectivity index (χ4n) is 1.21. The Bertz CT molecular complexity index is 309. The summed E-state index contributed by atoms with van der Waals surface area (Å²) in [5.41, 5.74) is 1.02. The second kappa shape index (κ2) is 3.68. The number of nitriles is 1. The Morgan fingerprint density at radius 1 is 1.58 bits per heavy atom. The van der Waals surface area contributed by atoms with Crippen LogP contribution >= 0.6 is 11.3 Å². The van der Waals surface area contributed by atoms with Gasteiger partial charge in [-0.1, -0.05) is 6.92 Å². The van der Waals surface area contributed by atoms with Gasteiger partial charge in [-0.2, -0.15) is 5.26 Å². The molecule has 1 aromatic rings. The van der Waals surface area contributed by atoms with Gasteiger partial charge in [0.1, 0.15) is 0 Å². The first kappa shape index (κ1) is 9.21. The molecule has 12 heavy (non-hydrogen) atoms. The molecule has 0 saturated heterocycles. The van der Waals surface area contributed by atoms with Gasteiger partial charge in [0.05, 0.1) is 22.7 Å². The van der Waals surface area contributed by atoms with E-state index in [4.69, 9.17) is 5.26 Å². The molecule has 2 nitrogen and oxygen atoms in total. The number of hydrogen-bond donors (Lipinski definition) is 0. The zero-order chi connectivity index (χ0) is 9.14. The molecule has 1 unspecified atom stereocenters. The van der Waals surface area contributed by atoms with Gasteiger partial charge in [-0.15, -0.1) is 11.3 Å². The minimum Gasteiger partial charge on any atom is -0.247 e. The quantitative estimate of drug-likeness (QED) is 0.701. The van der Waals surface area contributed by atoms with E-state index in [1.807, 2.05) is 20.8 Å². The molecule has 0 aromatic carbocycles. The maximum Gasteiger partial charge on any atom is 0.0900 e. The van der Waals surface area contributed by atoms with Crippen LogP contribution in [0.1, 0.15) is 34.8 Å². The Balaban J connectivity index is 3.02. The zero-order valence-electron chi connectivity index (χ0n) is 7.59. The first-order chi connectivity index (χ1) is 5.69. The van der Waals surface area contributed by atoms with Crippen LogP contribution in [0.25, 0.3) is 0 Å². The monoisotopic (exact) mass is 180 g/mol. The standard InChI is InChI=1S/C9H12N2S/c1-4-8(5-10)9-6(2)11-7(3)12-9/h8H,4H2,1-3H3. The Labute approximate surface area is 76.9 Å². The topological polar surface area (TPSA) is 36.7 Å². The maximum absolute atomic E-state index is 8.84. The van der Waals surface area contributed by atoms with Crippen molar-refractivity contribution in [1.82, 2.24) is 4.98 Å². The van der Waals surface area contributed by atoms with E-state index < -0.39 is 0 Å². The molecule has 1 aromatic heterocycles. The minimum absolute atomic E-state index is 0.0381. The number of hydrogen-bond acceptors (Lipinski definition) is 3. The lowest BCUT2D eigenvalue weighted by atomic mass is 10.1. The molecule has 64 valence electrons. The van der Waals surface area contributed by atoms with Gasteiger partial charge in [-0.05, 0) is 20.3 Å². The van der Waals surface area contributed by atoms with Crippen LogP contribution in [0.5, 0.6) is 0 Å². The largest absolute Gasteiger partial charge is 0.247 e. The van der Waals surface area contributed by atoms with E-state index in [1.54, 1.807) is 11.3 Å². The van der Waals surface area contributed by atoms with Crippen LogP contribution in [-0.4, -0.2) is 4.98 Å². The van der Waals surface area contributed by atoms with Crippen molar-refractivity contribution in [3.8, 4) is 6.07 Å². The Morgan fingerprint density at radius 3 is 2.58 bits per heavy atom. The van der Waals surface area contributed by atoms with Crippen LogP contribution in [-0.2, 0) is 0 Å². The zero-order valence-corrected chi connectivity index (χ0v) is 8.40. The van der Waals surface area contributed by atoms with E-state index in [9.17, 15) is 0 Å². The van der Waals surface area contributed by atoms with Crippen LogP contribution in [0.2, 0.25) is 0 Å². The van der Waals surface area contributed by atoms with Crippen molar-refractivity contribution in [1.29, 1.82) is 5.26 Å². The number of nitrogens with zero attached hydrogens (tertiary/aromatic N) is 2. The van der Waals surface area contributed by atoms with Crippen molar-refractivity contribution in [3.05, 3.63) is 15.6 Å². The Morgan fingerprint density at radius 2 is 2.25 bits per heavy atom. The molecule has 0 aliphatic heterocycles. The van der Waals surface area contributed by atoms with Crippen molar-refractivity contribution < 1.29 is 0 Å². The highest BCUT2D eigenvalue weighted by Gasteiger charge is 2.14. The number of aromatic nitrogens is 1. The molecule has 1 atom stereocenters. The third kappa shape index (κ3) is 1.64. The number of thiazole rings is 1. The van der Waals surface area contributed by atoms with E-state index in [0.717, 1.165) is 22.0 Å². The van der Waals surface area contributed by atoms with Crippen LogP contribution in [0.4, 0.5) is 0 Å². The fourth-order valence-corrected chi connectivity index (χ4v) is 2.26. The van der Waals surface area contributed by atoms with Crippen LogP contribution < -0.4 is 0 Å². The second-order valence-corrected chi connectivity index (χ2v) is 4.01. The molecule has 0 saturated carbocycles. The van der Waals surface area contributed by atoms with Crippen LogP contribution in [0.15, 0.2) is 0 Å². The normalized spacial score (nSPS) is 12.5. The molecule has 3 heteroatoms. The molecule has 0 aliphatic rings. The average molecular weight is 180 g/mol. The minimum atomic E-state index is 0.0381. The molecule has 1 heterocycles. The highest BCUT2D eigenvalue weighted by Crippen LogP contribution is 2.27. The molecular weight excluding hydrogens is 168 g/mol. The number of rotatable bonds is 2. The molecule has 0 spiro atoms. The van der Waals surface area contributed by atoms with Crippen molar-refractivity contribution in [2.75, 3.05) is 0 Å². The van der Waals surface area contributed by atoms with Crippen molar-refractivity contribution in [2.24, 2.45) is 0 Å². The van der Waals surface area contributed by atoms with E-state index >= 15 is 0 Å². The predicted octanol–water partition coefficient (Wildman–Crippen LogP) is 2.78. The number of aryl methyl sites for hydroxylation is 2. The van der Waals surface area contributed by atoms with Crippen molar-refractivity contribution >= 4 is 11.3 Å². The van der Waals surface area contributed by atoms with Gasteiger partial charge in [0.2, 0.25) is 0 Å². The van der Waals surface area contributed by atoms with Gasteiger partial charge >= 0.3 is 0 Å². The van der Waals surface area contributed by atoms with Gasteiger partial charge < -0.3 is 0 Å². The highest BCUT2D eigenvalue weighted by molar-refractivity contribution is 7.11. The Kier molecular flexibility index (Phi) is 2.83. The van der Waals surface area contributed by atoms with E-state index in [0.29, 0.717) is 0 Å². The third-order valence-corrected chi connectivity index (χ3v) is 3.01. The van der Waals surface area contributed by atoms with Gasteiger partial charge in [0, 0.05) is 4.88 Å². The molecule has 0 fully saturated rings. The van der Waals surface area contributed by atoms with Gasteiger partial charge in [-0.25, -0.2) is 4.98 Å². The first-order valence-electron chi connectivity index (χ1n) is 4.02. The molecule has 1 rings (SSSR count). The molecule has 0 radical (unpaired) electrons. The lowest BCUT2D eigenvalue weighted by Crippen LogP contribution is -1.92. The van der Waals surface area contributed by atoms with Crippen LogP contribution in [0, 0.1) is 25.2 Å². The summed E-state index contributed by atoms with van der Waals surface area (Å²) in [4.78, 5) is 5.43. The van der Waals surface area contributed by atoms with Crippen molar-refractivity contribution in [3.63, 3.8) is 0 Å². The summed E-state index contributed by atoms with van der Waals surface area (Å²) in [6.07, 6.45) is 0.874. The average Bonchev–Trinajstić information content (AvgIpc) is 2.34. The van der Waals surface area contributed by atoms with E-state index in [2.05, 4.69) is 11.1 Å².